The van der Waals surface area contributed by atoms with Gasteiger partial charge in [0.2, 0.25) is 0 Å². The van der Waals surface area contributed by atoms with Crippen molar-refractivity contribution in [2.24, 2.45) is 0 Å². The van der Waals surface area contributed by atoms with Gasteiger partial charge in [-0.3, -0.25) is 20.2 Å². The van der Waals surface area contributed by atoms with Crippen molar-refractivity contribution in [3.05, 3.63) is 307 Å². The van der Waals surface area contributed by atoms with Crippen molar-refractivity contribution in [2.75, 3.05) is 0 Å². The van der Waals surface area contributed by atoms with Crippen molar-refractivity contribution in [1.82, 2.24) is 0 Å². The van der Waals surface area contributed by atoms with E-state index in [4.69, 9.17) is 18.3 Å². The fraction of sp³-hybridized carbons (Fsp3) is 0.0323. The summed E-state index contributed by atoms with van der Waals surface area (Å²) in [5.74, 6) is 3.57. The number of rotatable bonds is 14. The number of nitro benzene ring substituents is 2. The van der Waals surface area contributed by atoms with Crippen LogP contribution in [-0.2, 0) is 10.8 Å². The van der Waals surface area contributed by atoms with Crippen molar-refractivity contribution < 1.29 is 28.2 Å². The molecular formula is C62H40N2O8Si. The molecule has 0 heterocycles. The minimum Gasteiger partial charge on any atom is -0.508 e. The summed E-state index contributed by atoms with van der Waals surface area (Å²) in [5.41, 5.74) is 12.3. The Hall–Kier alpha value is -9.58. The van der Waals surface area contributed by atoms with Gasteiger partial charge in [-0.05, 0) is 140 Å². The molecule has 0 unspecified atom stereocenters. The molecule has 0 aliphatic heterocycles. The smallest absolute Gasteiger partial charge is 0.508 e. The van der Waals surface area contributed by atoms with Gasteiger partial charge in [0.25, 0.3) is 11.4 Å². The molecule has 0 saturated carbocycles. The normalized spacial score (nSPS) is 13.2. The van der Waals surface area contributed by atoms with E-state index in [2.05, 4.69) is 146 Å². The molecule has 10 aromatic carbocycles. The van der Waals surface area contributed by atoms with Crippen molar-refractivity contribution in [1.29, 1.82) is 0 Å². The first-order valence-corrected chi connectivity index (χ1v) is 24.4. The van der Waals surface area contributed by atoms with Crippen molar-refractivity contribution >= 4 is 21.4 Å². The number of hydrogen-bond acceptors (Lipinski definition) is 8. The summed E-state index contributed by atoms with van der Waals surface area (Å²) in [6.45, 7) is 0. The highest BCUT2D eigenvalue weighted by molar-refractivity contribution is 6.20. The second-order valence-electron chi connectivity index (χ2n) is 17.8. The second-order valence-corrected chi connectivity index (χ2v) is 18.3. The lowest BCUT2D eigenvalue weighted by Crippen LogP contribution is -2.28. The first kappa shape index (κ1) is 44.6. The van der Waals surface area contributed by atoms with Crippen LogP contribution in [0, 0.1) is 20.2 Å². The topological polar surface area (TPSA) is 123 Å². The molecule has 0 atom stereocenters. The number of hydrogen-bond donors (Lipinski definition) is 0. The van der Waals surface area contributed by atoms with Crippen molar-refractivity contribution in [3.63, 3.8) is 0 Å². The third-order valence-corrected chi connectivity index (χ3v) is 14.6. The van der Waals surface area contributed by atoms with E-state index in [0.29, 0.717) is 34.5 Å². The number of nitro groups is 2. The molecule has 0 fully saturated rings. The molecule has 0 N–H and O–H groups in total. The average molecular weight is 969 g/mol. The molecule has 2 radical (unpaired) electrons. The third-order valence-electron chi connectivity index (χ3n) is 13.9. The van der Waals surface area contributed by atoms with E-state index in [1.807, 2.05) is 48.5 Å². The summed E-state index contributed by atoms with van der Waals surface area (Å²) in [6.07, 6.45) is 0. The number of benzene rings is 10. The number of non-ortho nitro benzene ring substituents is 2. The minimum absolute atomic E-state index is 0.00299. The van der Waals surface area contributed by atoms with Gasteiger partial charge in [0.15, 0.2) is 0 Å². The highest BCUT2D eigenvalue weighted by atomic mass is 28.3. The standard InChI is InChI=1S/C62H40N2O8Si/c65-63(66)45-25-37-49(38-26-45)69-47-29-17-41(18-30-47)61(57-13-5-1-9-53(57)54-10-2-6-14-58(54)61)43-21-33-51(34-22-43)71-73-72-52-35-23-44(24-36-52)62(59-15-7-3-11-55(59)56-12-4-8-16-60(56)62)42-19-31-48(32-20-42)70-50-39-27-46(28-40-50)64(67)68/h1-40H. The first-order chi connectivity index (χ1) is 35.8. The molecule has 0 amide bonds. The van der Waals surface area contributed by atoms with Gasteiger partial charge in [-0.25, -0.2) is 0 Å². The van der Waals surface area contributed by atoms with Crippen LogP contribution >= 0.6 is 0 Å². The van der Waals surface area contributed by atoms with Crippen LogP contribution in [0.15, 0.2) is 243 Å². The molecule has 10 aromatic rings. The predicted molar refractivity (Wildman–Crippen MR) is 281 cm³/mol. The Morgan fingerprint density at radius 3 is 0.795 bits per heavy atom. The molecule has 2 aliphatic rings. The Kier molecular flexibility index (Phi) is 11.2. The number of nitrogens with zero attached hydrogens (tertiary/aromatic N) is 2. The van der Waals surface area contributed by atoms with Gasteiger partial charge < -0.3 is 18.3 Å². The van der Waals surface area contributed by atoms with Crippen LogP contribution in [0.2, 0.25) is 0 Å². The first-order valence-electron chi connectivity index (χ1n) is 23.5. The van der Waals surface area contributed by atoms with E-state index in [9.17, 15) is 20.2 Å². The van der Waals surface area contributed by atoms with Crippen LogP contribution in [0.5, 0.6) is 34.5 Å². The van der Waals surface area contributed by atoms with Crippen LogP contribution in [0.1, 0.15) is 44.5 Å². The number of fused-ring (bicyclic) bond motifs is 6. The summed E-state index contributed by atoms with van der Waals surface area (Å²) < 4.78 is 24.8. The Labute approximate surface area is 422 Å². The van der Waals surface area contributed by atoms with Crippen molar-refractivity contribution in [3.8, 4) is 56.8 Å². The zero-order valence-corrected chi connectivity index (χ0v) is 39.8. The van der Waals surface area contributed by atoms with E-state index >= 15 is 0 Å². The predicted octanol–water partition coefficient (Wildman–Crippen LogP) is 14.8. The van der Waals surface area contributed by atoms with Crippen LogP contribution in [0.3, 0.4) is 0 Å². The molecule has 0 bridgehead atoms. The van der Waals surface area contributed by atoms with Gasteiger partial charge in [0, 0.05) is 24.3 Å². The maximum atomic E-state index is 11.2. The molecular weight excluding hydrogens is 929 g/mol. The zero-order valence-electron chi connectivity index (χ0n) is 38.8. The molecule has 73 heavy (non-hydrogen) atoms. The van der Waals surface area contributed by atoms with Crippen LogP contribution in [0.25, 0.3) is 22.3 Å². The molecule has 0 spiro atoms. The van der Waals surface area contributed by atoms with Gasteiger partial charge in [0.05, 0.1) is 20.7 Å². The van der Waals surface area contributed by atoms with E-state index in [1.165, 1.54) is 68.8 Å². The monoisotopic (exact) mass is 968 g/mol. The Balaban J connectivity index is 0.805. The van der Waals surface area contributed by atoms with E-state index in [-0.39, 0.29) is 21.4 Å². The fourth-order valence-electron chi connectivity index (χ4n) is 10.8. The largest absolute Gasteiger partial charge is 0.610 e. The van der Waals surface area contributed by atoms with E-state index in [1.54, 1.807) is 24.3 Å². The van der Waals surface area contributed by atoms with Crippen molar-refractivity contribution in [2.45, 2.75) is 10.8 Å². The van der Waals surface area contributed by atoms with Crippen LogP contribution < -0.4 is 18.3 Å². The number of ether oxygens (including phenoxy) is 2. The lowest BCUT2D eigenvalue weighted by atomic mass is 9.68. The zero-order chi connectivity index (χ0) is 49.5. The second kappa shape index (κ2) is 18.3. The van der Waals surface area contributed by atoms with Crippen LogP contribution in [0.4, 0.5) is 11.4 Å². The van der Waals surface area contributed by atoms with Crippen LogP contribution in [-0.4, -0.2) is 19.9 Å². The lowest BCUT2D eigenvalue weighted by Gasteiger charge is -2.34. The Morgan fingerprint density at radius 1 is 0.301 bits per heavy atom. The summed E-state index contributed by atoms with van der Waals surface area (Å²) >= 11 is 0. The van der Waals surface area contributed by atoms with E-state index < -0.39 is 20.7 Å². The Bertz CT molecular complexity index is 3360. The average Bonchev–Trinajstić information content (AvgIpc) is 3.91. The lowest BCUT2D eigenvalue weighted by molar-refractivity contribution is -0.385. The van der Waals surface area contributed by atoms with E-state index in [0.717, 1.165) is 22.3 Å². The van der Waals surface area contributed by atoms with Gasteiger partial charge in [0.1, 0.15) is 34.5 Å². The molecule has 0 aromatic heterocycles. The molecule has 10 nitrogen and oxygen atoms in total. The molecule has 11 heteroatoms. The maximum absolute atomic E-state index is 11.2. The summed E-state index contributed by atoms with van der Waals surface area (Å²) in [4.78, 5) is 21.6. The van der Waals surface area contributed by atoms with Gasteiger partial charge in [-0.2, -0.15) is 0 Å². The highest BCUT2D eigenvalue weighted by Gasteiger charge is 2.47. The SMILES string of the molecule is O=[N+]([O-])c1ccc(Oc2ccc(C3(c4ccc(O[Si]Oc5ccc(C6(c7ccc(Oc8ccc([N+](=O)[O-])cc8)cc7)c7ccccc7-c7ccccc76)cc5)cc4)c4ccccc4-c4ccccc43)cc2)cc1. The molecule has 0 saturated heterocycles. The maximum Gasteiger partial charge on any atom is 0.610 e. The van der Waals surface area contributed by atoms with Gasteiger partial charge >= 0.3 is 10.0 Å². The summed E-state index contributed by atoms with van der Waals surface area (Å²) in [7, 11) is -0.319. The third kappa shape index (κ3) is 7.66. The van der Waals surface area contributed by atoms with Gasteiger partial charge in [-0.1, -0.05) is 146 Å². The Morgan fingerprint density at radius 2 is 0.534 bits per heavy atom. The summed E-state index contributed by atoms with van der Waals surface area (Å²) in [5, 5.41) is 22.4. The molecule has 12 rings (SSSR count). The fourth-order valence-corrected chi connectivity index (χ4v) is 11.3. The molecule has 2 aliphatic carbocycles. The molecule has 350 valence electrons. The summed E-state index contributed by atoms with van der Waals surface area (Å²) in [6, 6.07) is 78.9. The quantitative estimate of drug-likeness (QED) is 0.0600. The van der Waals surface area contributed by atoms with Gasteiger partial charge in [-0.15, -0.1) is 0 Å². The highest BCUT2D eigenvalue weighted by Crippen LogP contribution is 2.58. The minimum atomic E-state index is -0.652.